The van der Waals surface area contributed by atoms with Crippen molar-refractivity contribution in [2.45, 2.75) is 38.1 Å². The first-order chi connectivity index (χ1) is 13.6. The van der Waals surface area contributed by atoms with E-state index in [0.29, 0.717) is 22.7 Å². The van der Waals surface area contributed by atoms with Crippen LogP contribution in [0.25, 0.3) is 0 Å². The monoisotopic (exact) mass is 454 g/mol. The maximum absolute atomic E-state index is 12.8. The Hall–Kier alpha value is -1.54. The largest absolute Gasteiger partial charge is 0.462 e. The molecule has 0 spiro atoms. The number of benzene rings is 1. The first-order valence-corrected chi connectivity index (χ1v) is 11.6. The summed E-state index contributed by atoms with van der Waals surface area (Å²) in [5.74, 6) is -0.553. The number of fused-ring (bicyclic) bond motifs is 1. The Morgan fingerprint density at radius 3 is 2.79 bits per heavy atom. The van der Waals surface area contributed by atoms with E-state index in [1.807, 2.05) is 24.5 Å². The number of ether oxygens (including phenoxy) is 1. The van der Waals surface area contributed by atoms with Crippen molar-refractivity contribution in [3.05, 3.63) is 45.8 Å². The van der Waals surface area contributed by atoms with Gasteiger partial charge >= 0.3 is 5.97 Å². The maximum Gasteiger partial charge on any atom is 0.341 e. The highest BCUT2D eigenvalue weighted by atomic mass is 35.5. The van der Waals surface area contributed by atoms with Gasteiger partial charge in [0.1, 0.15) is 5.00 Å². The second-order valence-electron chi connectivity index (χ2n) is 6.64. The zero-order valence-electron chi connectivity index (χ0n) is 16.9. The first-order valence-electron chi connectivity index (χ1n) is 9.56. The fourth-order valence-corrected chi connectivity index (χ4v) is 5.14. The average Bonchev–Trinajstić information content (AvgIpc) is 3.05. The molecule has 1 N–H and O–H groups in total. The van der Waals surface area contributed by atoms with Gasteiger partial charge in [-0.2, -0.15) is 0 Å². The molecule has 0 bridgehead atoms. The molecule has 0 atom stereocenters. The molecule has 1 aliphatic heterocycles. The first kappa shape index (κ1) is 23.7. The van der Waals surface area contributed by atoms with Crippen LogP contribution in [0.1, 0.15) is 51.4 Å². The molecule has 8 heteroatoms. The highest BCUT2D eigenvalue weighted by molar-refractivity contribution is 7.98. The summed E-state index contributed by atoms with van der Waals surface area (Å²) >= 11 is 3.09. The molecule has 0 radical (unpaired) electrons. The molecule has 0 aliphatic carbocycles. The van der Waals surface area contributed by atoms with E-state index >= 15 is 0 Å². The van der Waals surface area contributed by atoms with Gasteiger partial charge in [0.2, 0.25) is 0 Å². The quantitative estimate of drug-likeness (QED) is 0.466. The van der Waals surface area contributed by atoms with Crippen molar-refractivity contribution >= 4 is 52.4 Å². The van der Waals surface area contributed by atoms with E-state index in [0.717, 1.165) is 47.8 Å². The minimum Gasteiger partial charge on any atom is -0.462 e. The Morgan fingerprint density at radius 1 is 1.31 bits per heavy atom. The Balaban J connectivity index is 0.00000300. The van der Waals surface area contributed by atoms with Crippen LogP contribution in [0.4, 0.5) is 5.00 Å². The molecule has 1 aliphatic rings. The summed E-state index contributed by atoms with van der Waals surface area (Å²) in [5.41, 5.74) is 2.15. The molecular weight excluding hydrogens is 428 g/mol. The number of carbonyl (C=O) groups is 2. The van der Waals surface area contributed by atoms with Gasteiger partial charge in [0.25, 0.3) is 5.91 Å². The van der Waals surface area contributed by atoms with E-state index in [2.05, 4.69) is 17.1 Å². The van der Waals surface area contributed by atoms with Gasteiger partial charge in [-0.3, -0.25) is 9.69 Å². The Bertz CT molecular complexity index is 870. The lowest BCUT2D eigenvalue weighted by Gasteiger charge is -2.26. The standard InChI is InChI=1S/C21H26N2O3S2.ClH/c1-4-10-23-11-9-16-17(13-23)28-20(18(16)21(25)26-5-2)22-19(24)14-7-6-8-15(12-14)27-3;/h6-8,12H,4-5,9-11,13H2,1-3H3,(H,22,24);1H. The predicted molar refractivity (Wildman–Crippen MR) is 123 cm³/mol. The number of nitrogens with one attached hydrogen (secondary N) is 1. The normalized spacial score (nSPS) is 13.3. The number of amides is 1. The summed E-state index contributed by atoms with van der Waals surface area (Å²) in [6.45, 7) is 7.06. The van der Waals surface area contributed by atoms with Gasteiger partial charge in [-0.1, -0.05) is 13.0 Å². The number of hydrogen-bond acceptors (Lipinski definition) is 6. The van der Waals surface area contributed by atoms with Crippen LogP contribution >= 0.6 is 35.5 Å². The molecule has 1 aromatic carbocycles. The Morgan fingerprint density at radius 2 is 2.10 bits per heavy atom. The molecule has 1 amide bonds. The lowest BCUT2D eigenvalue weighted by atomic mass is 10.0. The van der Waals surface area contributed by atoms with Crippen molar-refractivity contribution in [1.29, 1.82) is 0 Å². The van der Waals surface area contributed by atoms with E-state index in [9.17, 15) is 9.59 Å². The third kappa shape index (κ3) is 5.54. The topological polar surface area (TPSA) is 58.6 Å². The van der Waals surface area contributed by atoms with Crippen LogP contribution in [0.3, 0.4) is 0 Å². The van der Waals surface area contributed by atoms with Crippen molar-refractivity contribution in [3.8, 4) is 0 Å². The van der Waals surface area contributed by atoms with E-state index in [1.165, 1.54) is 11.3 Å². The van der Waals surface area contributed by atoms with E-state index in [1.54, 1.807) is 24.8 Å². The van der Waals surface area contributed by atoms with Crippen molar-refractivity contribution in [2.24, 2.45) is 0 Å². The van der Waals surface area contributed by atoms with Crippen LogP contribution in [-0.2, 0) is 17.7 Å². The number of rotatable bonds is 7. The summed E-state index contributed by atoms with van der Waals surface area (Å²) in [5, 5.41) is 3.57. The fraction of sp³-hybridized carbons (Fsp3) is 0.429. The van der Waals surface area contributed by atoms with Gasteiger partial charge in [-0.15, -0.1) is 35.5 Å². The molecule has 0 fully saturated rings. The molecule has 0 unspecified atom stereocenters. The van der Waals surface area contributed by atoms with Crippen LogP contribution in [-0.4, -0.2) is 42.7 Å². The van der Waals surface area contributed by atoms with Gasteiger partial charge < -0.3 is 10.1 Å². The summed E-state index contributed by atoms with van der Waals surface area (Å²) in [4.78, 5) is 30.0. The molecule has 29 heavy (non-hydrogen) atoms. The lowest BCUT2D eigenvalue weighted by molar-refractivity contribution is 0.0526. The van der Waals surface area contributed by atoms with E-state index in [-0.39, 0.29) is 24.3 Å². The number of thiophene rings is 1. The third-order valence-electron chi connectivity index (χ3n) is 4.71. The summed E-state index contributed by atoms with van der Waals surface area (Å²) in [6.07, 6.45) is 3.88. The number of thioether (sulfide) groups is 1. The summed E-state index contributed by atoms with van der Waals surface area (Å²) < 4.78 is 5.29. The van der Waals surface area contributed by atoms with Crippen LogP contribution in [0.2, 0.25) is 0 Å². The number of anilines is 1. The zero-order valence-corrected chi connectivity index (χ0v) is 19.4. The smallest absolute Gasteiger partial charge is 0.341 e. The third-order valence-corrected chi connectivity index (χ3v) is 6.57. The van der Waals surface area contributed by atoms with Gasteiger partial charge in [-0.05, 0) is 56.3 Å². The Kier molecular flexibility index (Phi) is 9.02. The molecule has 0 saturated heterocycles. The molecular formula is C21H27ClN2O3S2. The van der Waals surface area contributed by atoms with Gasteiger partial charge in [0.15, 0.2) is 0 Å². The lowest BCUT2D eigenvalue weighted by Crippen LogP contribution is -2.30. The van der Waals surface area contributed by atoms with Gasteiger partial charge in [-0.25, -0.2) is 4.79 Å². The predicted octanol–water partition coefficient (Wildman–Crippen LogP) is 5.09. The highest BCUT2D eigenvalue weighted by Crippen LogP contribution is 2.38. The number of nitrogens with zero attached hydrogens (tertiary/aromatic N) is 1. The van der Waals surface area contributed by atoms with Gasteiger partial charge in [0, 0.05) is 28.4 Å². The maximum atomic E-state index is 12.8. The number of hydrogen-bond donors (Lipinski definition) is 1. The second kappa shape index (κ2) is 11.0. The summed E-state index contributed by atoms with van der Waals surface area (Å²) in [7, 11) is 0. The van der Waals surface area contributed by atoms with Crippen molar-refractivity contribution in [2.75, 3.05) is 31.3 Å². The fourth-order valence-electron chi connectivity index (χ4n) is 3.41. The molecule has 2 aromatic rings. The van der Waals surface area contributed by atoms with Crippen molar-refractivity contribution in [1.82, 2.24) is 4.90 Å². The van der Waals surface area contributed by atoms with Crippen LogP contribution in [0.5, 0.6) is 0 Å². The highest BCUT2D eigenvalue weighted by Gasteiger charge is 2.29. The minimum atomic E-state index is -0.350. The average molecular weight is 455 g/mol. The van der Waals surface area contributed by atoms with Crippen LogP contribution < -0.4 is 5.32 Å². The van der Waals surface area contributed by atoms with Crippen molar-refractivity contribution < 1.29 is 14.3 Å². The van der Waals surface area contributed by atoms with Gasteiger partial charge in [0.05, 0.1) is 12.2 Å². The Labute approximate surface area is 186 Å². The van der Waals surface area contributed by atoms with E-state index in [4.69, 9.17) is 4.74 Å². The molecule has 0 saturated carbocycles. The SMILES string of the molecule is CCCN1CCc2c(sc(NC(=O)c3cccc(SC)c3)c2C(=O)OCC)C1.Cl. The molecule has 158 valence electrons. The minimum absolute atomic E-state index is 0. The molecule has 1 aromatic heterocycles. The number of carbonyl (C=O) groups excluding carboxylic acids is 2. The van der Waals surface area contributed by atoms with Crippen LogP contribution in [0, 0.1) is 0 Å². The second-order valence-corrected chi connectivity index (χ2v) is 8.63. The molecule has 2 heterocycles. The molecule has 5 nitrogen and oxygen atoms in total. The number of esters is 1. The zero-order chi connectivity index (χ0) is 20.1. The summed E-state index contributed by atoms with van der Waals surface area (Å²) in [6, 6.07) is 7.49. The van der Waals surface area contributed by atoms with E-state index < -0.39 is 0 Å². The van der Waals surface area contributed by atoms with Crippen LogP contribution in [0.15, 0.2) is 29.2 Å². The molecule has 3 rings (SSSR count). The number of halogens is 1. The van der Waals surface area contributed by atoms with Crippen molar-refractivity contribution in [3.63, 3.8) is 0 Å².